The molecule has 0 radical (unpaired) electrons. The molecule has 0 atom stereocenters. The number of anilines is 1. The lowest BCUT2D eigenvalue weighted by Gasteiger charge is -2.44. The first kappa shape index (κ1) is 19.0. The van der Waals surface area contributed by atoms with Crippen molar-refractivity contribution in [3.05, 3.63) is 58.1 Å². The molecule has 0 bridgehead atoms. The van der Waals surface area contributed by atoms with Crippen molar-refractivity contribution in [2.24, 2.45) is 0 Å². The molecule has 7 heteroatoms. The van der Waals surface area contributed by atoms with Crippen LogP contribution in [0.2, 0.25) is 0 Å². The maximum atomic E-state index is 13.0. The summed E-state index contributed by atoms with van der Waals surface area (Å²) in [5, 5.41) is 10.5. The number of piperidine rings is 1. The van der Waals surface area contributed by atoms with Crippen LogP contribution in [0.1, 0.15) is 50.2 Å². The standard InChI is InChI=1S/C22H24N4O3/c1-13-3-4-18-17(9-13)20(27)25-22(29-18)5-7-26(8-6-22)21(28)15-10-14(2)19(24)16(11-15)12-23/h3-4,9-12,23H,5-8,24H2,1-2H3,(H,25,27). The maximum absolute atomic E-state index is 13.0. The number of rotatable bonds is 2. The SMILES string of the molecule is Cc1ccc2c(c1)C(=O)NC1(CCN(C(=O)c3cc(C)c(N)c(C=N)c3)CC1)O2. The van der Waals surface area contributed by atoms with Crippen molar-refractivity contribution in [3.8, 4) is 5.75 Å². The second kappa shape index (κ2) is 6.92. The number of aryl methyl sites for hydroxylation is 2. The van der Waals surface area contributed by atoms with Gasteiger partial charge in [-0.15, -0.1) is 0 Å². The van der Waals surface area contributed by atoms with Gasteiger partial charge in [0.15, 0.2) is 5.72 Å². The summed E-state index contributed by atoms with van der Waals surface area (Å²) in [5.41, 5.74) is 9.07. The normalized spacial score (nSPS) is 17.3. The second-order valence-corrected chi connectivity index (χ2v) is 7.78. The van der Waals surface area contributed by atoms with Crippen LogP contribution in [0.15, 0.2) is 30.3 Å². The van der Waals surface area contributed by atoms with E-state index in [0.29, 0.717) is 54.1 Å². The number of likely N-dealkylation sites (tertiary alicyclic amines) is 1. The first-order valence-electron chi connectivity index (χ1n) is 9.64. The highest BCUT2D eigenvalue weighted by molar-refractivity contribution is 5.99. The van der Waals surface area contributed by atoms with E-state index in [0.717, 1.165) is 17.3 Å². The number of nitrogens with one attached hydrogen (secondary N) is 2. The van der Waals surface area contributed by atoms with Gasteiger partial charge >= 0.3 is 0 Å². The molecule has 4 rings (SSSR count). The van der Waals surface area contributed by atoms with Crippen LogP contribution in [0, 0.1) is 19.3 Å². The molecule has 0 aliphatic carbocycles. The van der Waals surface area contributed by atoms with Crippen molar-refractivity contribution in [2.45, 2.75) is 32.4 Å². The molecule has 0 aromatic heterocycles. The Bertz CT molecular complexity index is 1020. The van der Waals surface area contributed by atoms with Crippen LogP contribution < -0.4 is 15.8 Å². The molecule has 7 nitrogen and oxygen atoms in total. The van der Waals surface area contributed by atoms with E-state index >= 15 is 0 Å². The largest absolute Gasteiger partial charge is 0.467 e. The molecule has 2 aliphatic heterocycles. The summed E-state index contributed by atoms with van der Waals surface area (Å²) in [6.45, 7) is 4.69. The third-order valence-electron chi connectivity index (χ3n) is 5.71. The van der Waals surface area contributed by atoms with Crippen molar-refractivity contribution in [1.82, 2.24) is 10.2 Å². The average molecular weight is 392 g/mol. The molecule has 0 saturated carbocycles. The van der Waals surface area contributed by atoms with E-state index in [1.807, 2.05) is 32.0 Å². The number of ether oxygens (including phenoxy) is 1. The number of hydrogen-bond donors (Lipinski definition) is 3. The zero-order chi connectivity index (χ0) is 20.8. The molecule has 2 aromatic rings. The number of fused-ring (bicyclic) bond motifs is 1. The lowest BCUT2D eigenvalue weighted by Crippen LogP contribution is -2.61. The topological polar surface area (TPSA) is 109 Å². The number of nitrogens with zero attached hydrogens (tertiary/aromatic N) is 1. The lowest BCUT2D eigenvalue weighted by molar-refractivity contribution is -0.0245. The van der Waals surface area contributed by atoms with Crippen LogP contribution in [-0.4, -0.2) is 41.7 Å². The Morgan fingerprint density at radius 2 is 1.97 bits per heavy atom. The van der Waals surface area contributed by atoms with Crippen LogP contribution in [0.3, 0.4) is 0 Å². The molecule has 1 saturated heterocycles. The van der Waals surface area contributed by atoms with Crippen LogP contribution in [-0.2, 0) is 0 Å². The number of hydrogen-bond acceptors (Lipinski definition) is 5. The van der Waals surface area contributed by atoms with Gasteiger partial charge in [-0.05, 0) is 43.7 Å². The zero-order valence-corrected chi connectivity index (χ0v) is 16.5. The van der Waals surface area contributed by atoms with Crippen molar-refractivity contribution in [3.63, 3.8) is 0 Å². The Hall–Kier alpha value is -3.35. The minimum absolute atomic E-state index is 0.107. The Kier molecular flexibility index (Phi) is 4.53. The number of carbonyl (C=O) groups excluding carboxylic acids is 2. The Balaban J connectivity index is 1.51. The monoisotopic (exact) mass is 392 g/mol. The molecule has 150 valence electrons. The minimum atomic E-state index is -0.784. The first-order chi connectivity index (χ1) is 13.8. The number of amides is 2. The van der Waals surface area contributed by atoms with Crippen molar-refractivity contribution in [2.75, 3.05) is 18.8 Å². The summed E-state index contributed by atoms with van der Waals surface area (Å²) < 4.78 is 6.17. The zero-order valence-electron chi connectivity index (χ0n) is 16.5. The third kappa shape index (κ3) is 3.33. The summed E-state index contributed by atoms with van der Waals surface area (Å²) in [4.78, 5) is 27.3. The van der Waals surface area contributed by atoms with Crippen LogP contribution >= 0.6 is 0 Å². The predicted molar refractivity (Wildman–Crippen MR) is 111 cm³/mol. The van der Waals surface area contributed by atoms with Gasteiger partial charge in [-0.1, -0.05) is 11.6 Å². The molecular weight excluding hydrogens is 368 g/mol. The van der Waals surface area contributed by atoms with Gasteiger partial charge in [-0.2, -0.15) is 0 Å². The molecule has 29 heavy (non-hydrogen) atoms. The molecule has 2 heterocycles. The van der Waals surface area contributed by atoms with Gasteiger partial charge in [0.2, 0.25) is 0 Å². The van der Waals surface area contributed by atoms with Gasteiger partial charge in [0.05, 0.1) is 5.56 Å². The van der Waals surface area contributed by atoms with Crippen LogP contribution in [0.4, 0.5) is 5.69 Å². The van der Waals surface area contributed by atoms with E-state index in [9.17, 15) is 9.59 Å². The highest BCUT2D eigenvalue weighted by Gasteiger charge is 2.43. The lowest BCUT2D eigenvalue weighted by atomic mass is 9.95. The van der Waals surface area contributed by atoms with Crippen LogP contribution in [0.25, 0.3) is 0 Å². The van der Waals surface area contributed by atoms with Gasteiger partial charge in [-0.3, -0.25) is 9.59 Å². The van der Waals surface area contributed by atoms with Gasteiger partial charge in [0, 0.05) is 49.0 Å². The Morgan fingerprint density at radius 3 is 2.66 bits per heavy atom. The summed E-state index contributed by atoms with van der Waals surface area (Å²) in [6.07, 6.45) is 2.17. The summed E-state index contributed by atoms with van der Waals surface area (Å²) in [6, 6.07) is 8.99. The predicted octanol–water partition coefficient (Wildman–Crippen LogP) is 2.64. The Labute approximate surface area is 169 Å². The highest BCUT2D eigenvalue weighted by Crippen LogP contribution is 2.34. The first-order valence-corrected chi connectivity index (χ1v) is 9.64. The number of benzene rings is 2. The van der Waals surface area contributed by atoms with Gasteiger partial charge in [-0.25, -0.2) is 0 Å². The summed E-state index contributed by atoms with van der Waals surface area (Å²) >= 11 is 0. The minimum Gasteiger partial charge on any atom is -0.467 e. The van der Waals surface area contributed by atoms with Gasteiger partial charge < -0.3 is 26.1 Å². The van der Waals surface area contributed by atoms with E-state index < -0.39 is 5.72 Å². The maximum Gasteiger partial charge on any atom is 0.258 e. The van der Waals surface area contributed by atoms with Crippen LogP contribution in [0.5, 0.6) is 5.75 Å². The number of nitrogen functional groups attached to an aromatic ring is 1. The molecule has 4 N–H and O–H groups in total. The fourth-order valence-corrected chi connectivity index (χ4v) is 3.97. The smallest absolute Gasteiger partial charge is 0.258 e. The molecule has 0 unspecified atom stereocenters. The fraction of sp³-hybridized carbons (Fsp3) is 0.318. The summed E-state index contributed by atoms with van der Waals surface area (Å²) in [7, 11) is 0. The molecule has 1 spiro atoms. The van der Waals surface area contributed by atoms with E-state index in [2.05, 4.69) is 5.32 Å². The van der Waals surface area contributed by atoms with Gasteiger partial charge in [0.25, 0.3) is 11.8 Å². The number of nitrogens with two attached hydrogens (primary N) is 1. The fourth-order valence-electron chi connectivity index (χ4n) is 3.97. The average Bonchev–Trinajstić information content (AvgIpc) is 2.71. The molecular formula is C22H24N4O3. The quantitative estimate of drug-likeness (QED) is 0.539. The Morgan fingerprint density at radius 1 is 1.24 bits per heavy atom. The number of carbonyl (C=O) groups is 2. The molecule has 2 aliphatic rings. The molecule has 1 fully saturated rings. The van der Waals surface area contributed by atoms with E-state index in [1.165, 1.54) is 0 Å². The van der Waals surface area contributed by atoms with E-state index in [-0.39, 0.29) is 11.8 Å². The summed E-state index contributed by atoms with van der Waals surface area (Å²) in [5.74, 6) is 0.340. The molecule has 2 aromatic carbocycles. The van der Waals surface area contributed by atoms with Crippen molar-refractivity contribution >= 4 is 23.7 Å². The van der Waals surface area contributed by atoms with Gasteiger partial charge in [0.1, 0.15) is 5.75 Å². The third-order valence-corrected chi connectivity index (χ3v) is 5.71. The van der Waals surface area contributed by atoms with Crippen molar-refractivity contribution in [1.29, 1.82) is 5.41 Å². The van der Waals surface area contributed by atoms with Crippen molar-refractivity contribution < 1.29 is 14.3 Å². The van der Waals surface area contributed by atoms with E-state index in [4.69, 9.17) is 15.9 Å². The second-order valence-electron chi connectivity index (χ2n) is 7.78. The molecule has 2 amide bonds. The highest BCUT2D eigenvalue weighted by atomic mass is 16.5. The van der Waals surface area contributed by atoms with E-state index in [1.54, 1.807) is 17.0 Å².